The summed E-state index contributed by atoms with van der Waals surface area (Å²) >= 11 is 0. The van der Waals surface area contributed by atoms with E-state index >= 15 is 0 Å². The van der Waals surface area contributed by atoms with E-state index in [2.05, 4.69) is 31.3 Å². The van der Waals surface area contributed by atoms with Crippen molar-refractivity contribution in [1.82, 2.24) is 5.32 Å². The molecule has 0 spiro atoms. The molecule has 0 aliphatic heterocycles. The Labute approximate surface area is 495 Å². The van der Waals surface area contributed by atoms with Crippen molar-refractivity contribution in [1.29, 1.82) is 0 Å². The molecule has 0 radical (unpaired) electrons. The van der Waals surface area contributed by atoms with Crippen molar-refractivity contribution in [3.8, 4) is 0 Å². The number of hydrogen-bond donors (Lipinski definition) is 3. The van der Waals surface area contributed by atoms with Gasteiger partial charge in [0.05, 0.1) is 25.4 Å². The van der Waals surface area contributed by atoms with E-state index in [0.29, 0.717) is 25.9 Å². The zero-order chi connectivity index (χ0) is 57.1. The van der Waals surface area contributed by atoms with Crippen LogP contribution in [0.15, 0.2) is 12.2 Å². The summed E-state index contributed by atoms with van der Waals surface area (Å²) in [4.78, 5) is 24.5. The zero-order valence-electron chi connectivity index (χ0n) is 53.9. The minimum atomic E-state index is -0.660. The molecule has 0 aliphatic rings. The van der Waals surface area contributed by atoms with Crippen LogP contribution in [0.4, 0.5) is 0 Å². The minimum absolute atomic E-state index is 0.0229. The summed E-state index contributed by atoms with van der Waals surface area (Å²) in [5.74, 6) is -0.00546. The number of hydrogen-bond acceptors (Lipinski definition) is 5. The molecule has 0 rings (SSSR count). The van der Waals surface area contributed by atoms with Gasteiger partial charge in [-0.3, -0.25) is 9.59 Å². The lowest BCUT2D eigenvalue weighted by atomic mass is 10.0. The third kappa shape index (κ3) is 65.6. The molecule has 0 aromatic heterocycles. The third-order valence-electron chi connectivity index (χ3n) is 17.3. The van der Waals surface area contributed by atoms with Crippen LogP contribution in [-0.4, -0.2) is 47.4 Å². The fourth-order valence-electron chi connectivity index (χ4n) is 11.8. The Morgan fingerprint density at radius 1 is 0.342 bits per heavy atom. The smallest absolute Gasteiger partial charge is 0.305 e. The van der Waals surface area contributed by atoms with E-state index in [0.717, 1.165) is 38.5 Å². The van der Waals surface area contributed by atoms with Crippen molar-refractivity contribution in [3.63, 3.8) is 0 Å². The monoisotopic (exact) mass is 1110 g/mol. The van der Waals surface area contributed by atoms with Gasteiger partial charge in [0.25, 0.3) is 0 Å². The molecule has 79 heavy (non-hydrogen) atoms. The molecule has 0 saturated heterocycles. The van der Waals surface area contributed by atoms with Gasteiger partial charge in [0.1, 0.15) is 0 Å². The largest absolute Gasteiger partial charge is 0.466 e. The maximum Gasteiger partial charge on any atom is 0.305 e. The second kappa shape index (κ2) is 69.1. The second-order valence-corrected chi connectivity index (χ2v) is 25.3. The Kier molecular flexibility index (Phi) is 67.9. The fourth-order valence-corrected chi connectivity index (χ4v) is 11.8. The van der Waals surface area contributed by atoms with Crippen LogP contribution < -0.4 is 5.32 Å². The van der Waals surface area contributed by atoms with Crippen LogP contribution >= 0.6 is 0 Å². The van der Waals surface area contributed by atoms with Crippen LogP contribution in [0, 0.1) is 0 Å². The molecule has 2 atom stereocenters. The van der Waals surface area contributed by atoms with E-state index < -0.39 is 12.1 Å². The van der Waals surface area contributed by atoms with Crippen LogP contribution in [0.2, 0.25) is 0 Å². The van der Waals surface area contributed by atoms with Crippen LogP contribution in [0.3, 0.4) is 0 Å². The van der Waals surface area contributed by atoms with Gasteiger partial charge < -0.3 is 20.3 Å². The van der Waals surface area contributed by atoms with E-state index in [1.807, 2.05) is 0 Å². The fraction of sp³-hybridized carbons (Fsp3) is 0.945. The molecule has 6 nitrogen and oxygen atoms in total. The van der Waals surface area contributed by atoms with Gasteiger partial charge in [0.2, 0.25) is 5.91 Å². The van der Waals surface area contributed by atoms with E-state index in [-0.39, 0.29) is 18.5 Å². The van der Waals surface area contributed by atoms with Crippen molar-refractivity contribution in [2.45, 2.75) is 431 Å². The molecule has 0 fully saturated rings. The Hall–Kier alpha value is -1.40. The maximum absolute atomic E-state index is 12.5. The highest BCUT2D eigenvalue weighted by molar-refractivity contribution is 5.76. The van der Waals surface area contributed by atoms with Crippen molar-refractivity contribution in [2.75, 3.05) is 13.2 Å². The van der Waals surface area contributed by atoms with Gasteiger partial charge in [-0.15, -0.1) is 0 Å². The highest BCUT2D eigenvalue weighted by Gasteiger charge is 2.20. The average Bonchev–Trinajstić information content (AvgIpc) is 3.45. The zero-order valence-corrected chi connectivity index (χ0v) is 53.9. The van der Waals surface area contributed by atoms with Crippen molar-refractivity contribution < 1.29 is 24.5 Å². The lowest BCUT2D eigenvalue weighted by molar-refractivity contribution is -0.143. The van der Waals surface area contributed by atoms with Crippen molar-refractivity contribution >= 4 is 11.9 Å². The SMILES string of the molecule is CCCCCCCCCCCCCCCC(O)C(CO)NC(=O)CCCCCCCCCCCCCCCCCCC/C=C\CCCCCCCCCCCCCCCCCCOC(=O)CCCCCCCCCCCCCC. The van der Waals surface area contributed by atoms with Crippen LogP contribution in [0.5, 0.6) is 0 Å². The first kappa shape index (κ1) is 77.6. The predicted molar refractivity (Wildman–Crippen MR) is 347 cm³/mol. The number of allylic oxidation sites excluding steroid dienone is 2. The van der Waals surface area contributed by atoms with Gasteiger partial charge in [0.15, 0.2) is 0 Å². The standard InChI is InChI=1S/C73H143NO5/c1-3-5-7-9-11-13-15-42-45-49-53-57-61-65-71(76)70(69-75)74-72(77)66-62-58-54-50-46-43-40-38-36-34-32-30-28-26-24-22-20-18-17-19-21-23-25-27-29-31-33-35-37-39-41-44-48-52-56-60-64-68-79-73(78)67-63-59-55-51-47-16-14-12-10-8-6-4-2/h17,19,70-71,75-76H,3-16,18,20-69H2,1-2H3,(H,74,77)/b19-17-. The number of carbonyl (C=O) groups excluding carboxylic acids is 2. The van der Waals surface area contributed by atoms with E-state index in [4.69, 9.17) is 4.74 Å². The Balaban J connectivity index is 3.31. The Bertz CT molecular complexity index is 1190. The van der Waals surface area contributed by atoms with Gasteiger partial charge in [-0.1, -0.05) is 366 Å². The predicted octanol–water partition coefficient (Wildman–Crippen LogP) is 23.5. The molecular weight excluding hydrogens is 971 g/mol. The lowest BCUT2D eigenvalue weighted by Crippen LogP contribution is -2.45. The summed E-state index contributed by atoms with van der Waals surface area (Å²) in [6.07, 6.45) is 85.8. The number of aliphatic hydroxyl groups is 2. The Morgan fingerprint density at radius 2 is 0.595 bits per heavy atom. The van der Waals surface area contributed by atoms with Crippen LogP contribution in [0.25, 0.3) is 0 Å². The number of aliphatic hydroxyl groups excluding tert-OH is 2. The molecule has 1 amide bonds. The highest BCUT2D eigenvalue weighted by Crippen LogP contribution is 2.19. The van der Waals surface area contributed by atoms with Gasteiger partial charge in [0, 0.05) is 12.8 Å². The summed E-state index contributed by atoms with van der Waals surface area (Å²) in [6, 6.07) is -0.537. The molecule has 0 aliphatic carbocycles. The first-order valence-corrected chi connectivity index (χ1v) is 36.4. The number of amides is 1. The molecule has 470 valence electrons. The van der Waals surface area contributed by atoms with Gasteiger partial charge in [-0.25, -0.2) is 0 Å². The van der Waals surface area contributed by atoms with Gasteiger partial charge in [-0.05, 0) is 51.4 Å². The molecule has 0 aromatic rings. The quantitative estimate of drug-likeness (QED) is 0.0320. The minimum Gasteiger partial charge on any atom is -0.466 e. The van der Waals surface area contributed by atoms with E-state index in [1.165, 1.54) is 347 Å². The van der Waals surface area contributed by atoms with Crippen LogP contribution in [0.1, 0.15) is 418 Å². The van der Waals surface area contributed by atoms with Gasteiger partial charge in [-0.2, -0.15) is 0 Å². The van der Waals surface area contributed by atoms with E-state index in [9.17, 15) is 19.8 Å². The lowest BCUT2D eigenvalue weighted by Gasteiger charge is -2.22. The molecule has 0 heterocycles. The summed E-state index contributed by atoms with van der Waals surface area (Å²) < 4.78 is 5.49. The third-order valence-corrected chi connectivity index (χ3v) is 17.3. The summed E-state index contributed by atoms with van der Waals surface area (Å²) in [5, 5.41) is 23.3. The topological polar surface area (TPSA) is 95.9 Å². The summed E-state index contributed by atoms with van der Waals surface area (Å²) in [6.45, 7) is 4.99. The normalized spacial score (nSPS) is 12.5. The molecule has 3 N–H and O–H groups in total. The molecule has 0 saturated carbocycles. The first-order chi connectivity index (χ1) is 39.0. The number of rotatable bonds is 69. The molecular formula is C73H143NO5. The van der Waals surface area contributed by atoms with Crippen molar-refractivity contribution in [3.05, 3.63) is 12.2 Å². The van der Waals surface area contributed by atoms with E-state index in [1.54, 1.807) is 0 Å². The highest BCUT2D eigenvalue weighted by atomic mass is 16.5. The van der Waals surface area contributed by atoms with Gasteiger partial charge >= 0.3 is 5.97 Å². The maximum atomic E-state index is 12.5. The Morgan fingerprint density at radius 3 is 0.899 bits per heavy atom. The summed E-state index contributed by atoms with van der Waals surface area (Å²) in [7, 11) is 0. The first-order valence-electron chi connectivity index (χ1n) is 36.4. The second-order valence-electron chi connectivity index (χ2n) is 25.3. The number of nitrogens with one attached hydrogen (secondary N) is 1. The average molecular weight is 1110 g/mol. The number of esters is 1. The molecule has 0 aromatic carbocycles. The molecule has 0 bridgehead atoms. The number of carbonyl (C=O) groups is 2. The van der Waals surface area contributed by atoms with Crippen molar-refractivity contribution in [2.24, 2.45) is 0 Å². The number of unbranched alkanes of at least 4 members (excludes halogenated alkanes) is 56. The molecule has 6 heteroatoms. The molecule has 2 unspecified atom stereocenters. The number of ether oxygens (including phenoxy) is 1. The van der Waals surface area contributed by atoms with Crippen LogP contribution in [-0.2, 0) is 14.3 Å². The summed E-state index contributed by atoms with van der Waals surface area (Å²) in [5.41, 5.74) is 0.